The lowest BCUT2D eigenvalue weighted by molar-refractivity contribution is 0.798. The van der Waals surface area contributed by atoms with Gasteiger partial charge in [0.15, 0.2) is 11.2 Å². The predicted octanol–water partition coefficient (Wildman–Crippen LogP) is -0.352. The molecule has 0 saturated heterocycles. The molecule has 0 amide bonds. The number of aromatic amines is 1. The van der Waals surface area contributed by atoms with Gasteiger partial charge in [0.1, 0.15) is 0 Å². The number of rotatable bonds is 2. The van der Waals surface area contributed by atoms with Crippen molar-refractivity contribution in [1.82, 2.24) is 19.2 Å². The van der Waals surface area contributed by atoms with E-state index in [1.165, 1.54) is 6.33 Å². The molecule has 7 heteroatoms. The smallest absolute Gasteiger partial charge is 0.332 e. The van der Waals surface area contributed by atoms with Crippen LogP contribution in [0, 0.1) is 0 Å². The Kier molecular flexibility index (Phi) is 2.45. The van der Waals surface area contributed by atoms with Crippen LogP contribution in [0.15, 0.2) is 46.2 Å². The fourth-order valence-corrected chi connectivity index (χ4v) is 1.97. The minimum absolute atomic E-state index is 0.243. The molecule has 0 bridgehead atoms. The van der Waals surface area contributed by atoms with E-state index in [1.54, 1.807) is 4.57 Å². The molecule has 3 N–H and O–H groups in total. The zero-order valence-electron chi connectivity index (χ0n) is 9.91. The highest BCUT2D eigenvalue weighted by molar-refractivity contribution is 5.69. The Morgan fingerprint density at radius 3 is 2.68 bits per heavy atom. The molecule has 0 aliphatic carbocycles. The van der Waals surface area contributed by atoms with Gasteiger partial charge in [0.05, 0.1) is 6.33 Å². The number of nitrogen functional groups attached to an aromatic ring is 1. The molecule has 3 aromatic rings. The summed E-state index contributed by atoms with van der Waals surface area (Å²) in [6.45, 7) is 0.485. The van der Waals surface area contributed by atoms with E-state index < -0.39 is 11.2 Å². The van der Waals surface area contributed by atoms with Crippen LogP contribution in [0.25, 0.3) is 11.2 Å². The van der Waals surface area contributed by atoms with Crippen molar-refractivity contribution >= 4 is 11.2 Å². The van der Waals surface area contributed by atoms with Crippen molar-refractivity contribution in [3.63, 3.8) is 0 Å². The Morgan fingerprint density at radius 2 is 1.95 bits per heavy atom. The first-order chi connectivity index (χ1) is 9.16. The zero-order chi connectivity index (χ0) is 13.4. The number of imidazole rings is 1. The Morgan fingerprint density at radius 1 is 1.21 bits per heavy atom. The summed E-state index contributed by atoms with van der Waals surface area (Å²) in [5.74, 6) is 5.39. The second-order valence-corrected chi connectivity index (χ2v) is 4.16. The lowest BCUT2D eigenvalue weighted by Gasteiger charge is -2.04. The Hall–Kier alpha value is -2.83. The molecule has 19 heavy (non-hydrogen) atoms. The van der Waals surface area contributed by atoms with Crippen molar-refractivity contribution < 1.29 is 0 Å². The summed E-state index contributed by atoms with van der Waals surface area (Å²) in [6, 6.07) is 9.63. The summed E-state index contributed by atoms with van der Waals surface area (Å²) in [6.07, 6.45) is 1.51. The number of nitrogens with two attached hydrogens (primary N) is 1. The third-order valence-electron chi connectivity index (χ3n) is 2.90. The molecule has 7 nitrogen and oxygen atoms in total. The number of nitrogens with one attached hydrogen (secondary N) is 1. The molecule has 2 heterocycles. The van der Waals surface area contributed by atoms with Crippen molar-refractivity contribution in [1.29, 1.82) is 0 Å². The molecular weight excluding hydrogens is 246 g/mol. The van der Waals surface area contributed by atoms with Gasteiger partial charge in [0.2, 0.25) is 0 Å². The highest BCUT2D eigenvalue weighted by Gasteiger charge is 2.11. The molecule has 96 valence electrons. The second kappa shape index (κ2) is 4.13. The van der Waals surface area contributed by atoms with Crippen molar-refractivity contribution in [3.05, 3.63) is 63.1 Å². The zero-order valence-corrected chi connectivity index (χ0v) is 9.91. The minimum Gasteiger partial charge on any atom is -0.332 e. The molecule has 0 spiro atoms. The van der Waals surface area contributed by atoms with Gasteiger partial charge in [-0.3, -0.25) is 9.78 Å². The summed E-state index contributed by atoms with van der Waals surface area (Å²) in [7, 11) is 0. The van der Waals surface area contributed by atoms with Gasteiger partial charge in [-0.1, -0.05) is 30.3 Å². The number of benzene rings is 1. The van der Waals surface area contributed by atoms with Crippen molar-refractivity contribution in [3.8, 4) is 0 Å². The van der Waals surface area contributed by atoms with E-state index >= 15 is 0 Å². The van der Waals surface area contributed by atoms with Gasteiger partial charge in [-0.25, -0.2) is 9.78 Å². The van der Waals surface area contributed by atoms with Crippen LogP contribution >= 0.6 is 0 Å². The van der Waals surface area contributed by atoms with E-state index in [1.807, 2.05) is 30.3 Å². The molecule has 0 radical (unpaired) electrons. The highest BCUT2D eigenvalue weighted by Crippen LogP contribution is 2.07. The lowest BCUT2D eigenvalue weighted by Crippen LogP contribution is -2.41. The average molecular weight is 257 g/mol. The highest BCUT2D eigenvalue weighted by atomic mass is 16.2. The summed E-state index contributed by atoms with van der Waals surface area (Å²) in [4.78, 5) is 29.8. The largest absolute Gasteiger partial charge is 0.348 e. The maximum Gasteiger partial charge on any atom is 0.348 e. The first-order valence-corrected chi connectivity index (χ1v) is 5.66. The Labute approximate surface area is 106 Å². The van der Waals surface area contributed by atoms with E-state index in [9.17, 15) is 9.59 Å². The summed E-state index contributed by atoms with van der Waals surface area (Å²) in [5, 5.41) is 0. The molecule has 3 rings (SSSR count). The molecule has 0 aliphatic rings. The van der Waals surface area contributed by atoms with E-state index in [-0.39, 0.29) is 11.2 Å². The quantitative estimate of drug-likeness (QED) is 0.613. The van der Waals surface area contributed by atoms with Crippen molar-refractivity contribution in [2.45, 2.75) is 6.54 Å². The van der Waals surface area contributed by atoms with Gasteiger partial charge >= 0.3 is 11.2 Å². The number of H-pyrrole nitrogens is 1. The molecule has 2 aromatic heterocycles. The first kappa shape index (κ1) is 11.3. The monoisotopic (exact) mass is 257 g/mol. The van der Waals surface area contributed by atoms with Crippen molar-refractivity contribution in [2.24, 2.45) is 0 Å². The number of fused-ring (bicyclic) bond motifs is 1. The van der Waals surface area contributed by atoms with Crippen LogP contribution in [0.2, 0.25) is 0 Å². The van der Waals surface area contributed by atoms with Gasteiger partial charge in [0.25, 0.3) is 0 Å². The summed E-state index contributed by atoms with van der Waals surface area (Å²) >= 11 is 0. The molecule has 0 atom stereocenters. The van der Waals surface area contributed by atoms with Gasteiger partial charge in [-0.2, -0.15) is 4.68 Å². The SMILES string of the molecule is Nn1c(=O)[nH]c2ncn(Cc3ccccc3)c2c1=O. The molecule has 0 unspecified atom stereocenters. The van der Waals surface area contributed by atoms with Gasteiger partial charge in [-0.15, -0.1) is 0 Å². The number of hydrogen-bond acceptors (Lipinski definition) is 4. The van der Waals surface area contributed by atoms with Crippen LogP contribution in [0.1, 0.15) is 5.56 Å². The van der Waals surface area contributed by atoms with E-state index in [0.717, 1.165) is 5.56 Å². The van der Waals surface area contributed by atoms with Crippen LogP contribution in [0.3, 0.4) is 0 Å². The summed E-state index contributed by atoms with van der Waals surface area (Å²) < 4.78 is 2.21. The van der Waals surface area contributed by atoms with Gasteiger partial charge in [0, 0.05) is 6.54 Å². The van der Waals surface area contributed by atoms with Crippen LogP contribution in [0.5, 0.6) is 0 Å². The number of nitrogens with zero attached hydrogens (tertiary/aromatic N) is 3. The van der Waals surface area contributed by atoms with E-state index in [0.29, 0.717) is 11.2 Å². The fraction of sp³-hybridized carbons (Fsp3) is 0.0833. The molecule has 0 fully saturated rings. The fourth-order valence-electron chi connectivity index (χ4n) is 1.97. The van der Waals surface area contributed by atoms with Crippen LogP contribution in [0.4, 0.5) is 0 Å². The Bertz CT molecular complexity index is 844. The minimum atomic E-state index is -0.678. The van der Waals surface area contributed by atoms with Gasteiger partial charge < -0.3 is 10.4 Å². The maximum atomic E-state index is 12.0. The number of aromatic nitrogens is 4. The number of hydrogen-bond donors (Lipinski definition) is 2. The summed E-state index contributed by atoms with van der Waals surface area (Å²) in [5.41, 5.74) is 0.309. The average Bonchev–Trinajstić information content (AvgIpc) is 2.80. The van der Waals surface area contributed by atoms with Gasteiger partial charge in [-0.05, 0) is 5.56 Å². The Balaban J connectivity index is 2.19. The van der Waals surface area contributed by atoms with Crippen molar-refractivity contribution in [2.75, 3.05) is 5.84 Å². The predicted molar refractivity (Wildman–Crippen MR) is 70.3 cm³/mol. The van der Waals surface area contributed by atoms with Crippen LogP contribution in [-0.2, 0) is 6.54 Å². The standard InChI is InChI=1S/C12H11N5O2/c13-17-11(18)9-10(15-12(17)19)14-7-16(9)6-8-4-2-1-3-5-8/h1-5,7H,6,13H2,(H,15,19). The van der Waals surface area contributed by atoms with E-state index in [2.05, 4.69) is 9.97 Å². The maximum absolute atomic E-state index is 12.0. The van der Waals surface area contributed by atoms with Crippen LogP contribution < -0.4 is 17.1 Å². The van der Waals surface area contributed by atoms with Crippen LogP contribution in [-0.4, -0.2) is 19.2 Å². The molecule has 0 saturated carbocycles. The topological polar surface area (TPSA) is 98.7 Å². The molecule has 1 aromatic carbocycles. The molecule has 0 aliphatic heterocycles. The first-order valence-electron chi connectivity index (χ1n) is 5.66. The second-order valence-electron chi connectivity index (χ2n) is 4.16. The third kappa shape index (κ3) is 1.81. The normalized spacial score (nSPS) is 10.9. The lowest BCUT2D eigenvalue weighted by atomic mass is 10.2. The van der Waals surface area contributed by atoms with E-state index in [4.69, 9.17) is 5.84 Å². The molecular formula is C12H11N5O2. The third-order valence-corrected chi connectivity index (χ3v) is 2.90.